The maximum atomic E-state index is 13.8. The molecule has 2 N–H and O–H groups in total. The van der Waals surface area contributed by atoms with Crippen LogP contribution in [-0.2, 0) is 16.7 Å². The highest BCUT2D eigenvalue weighted by Crippen LogP contribution is 2.62. The fourth-order valence-electron chi connectivity index (χ4n) is 6.58. The highest BCUT2D eigenvalue weighted by molar-refractivity contribution is 7.84. The number of halogens is 2. The average Bonchev–Trinajstić information content (AvgIpc) is 2.64. The minimum absolute atomic E-state index is 0.100. The second-order valence-electron chi connectivity index (χ2n) is 9.11. The molecule has 0 spiro atoms. The maximum Gasteiger partial charge on any atom is 0.380 e. The van der Waals surface area contributed by atoms with Gasteiger partial charge in [-0.05, 0) is 85.0 Å². The van der Waals surface area contributed by atoms with Gasteiger partial charge in [0.2, 0.25) is 6.43 Å². The van der Waals surface area contributed by atoms with Gasteiger partial charge in [0.15, 0.2) is 11.5 Å². The van der Waals surface area contributed by atoms with E-state index in [4.69, 9.17) is 14.1 Å². The van der Waals surface area contributed by atoms with Crippen molar-refractivity contribution in [1.82, 2.24) is 0 Å². The van der Waals surface area contributed by atoms with Crippen LogP contribution >= 0.6 is 0 Å². The van der Waals surface area contributed by atoms with E-state index >= 15 is 0 Å². The van der Waals surface area contributed by atoms with E-state index in [1.54, 1.807) is 6.07 Å². The average molecular weight is 430 g/mol. The second kappa shape index (κ2) is 7.38. The van der Waals surface area contributed by atoms with E-state index in [9.17, 15) is 17.2 Å². The van der Waals surface area contributed by atoms with Gasteiger partial charge in [0.25, 0.3) is 0 Å². The van der Waals surface area contributed by atoms with Crippen LogP contribution in [0, 0.1) is 23.2 Å². The molecule has 4 rings (SSSR count). The van der Waals surface area contributed by atoms with Crippen molar-refractivity contribution in [2.45, 2.75) is 64.2 Å². The molecule has 0 bridgehead atoms. The van der Waals surface area contributed by atoms with E-state index in [1.165, 1.54) is 7.11 Å². The predicted octanol–water partition coefficient (Wildman–Crippen LogP) is 4.41. The topological polar surface area (TPSA) is 78.6 Å². The summed E-state index contributed by atoms with van der Waals surface area (Å²) >= 11 is 0. The van der Waals surface area contributed by atoms with Crippen molar-refractivity contribution in [2.75, 3.05) is 7.11 Å². The highest BCUT2D eigenvalue weighted by atomic mass is 32.2. The Bertz CT molecular complexity index is 891. The zero-order valence-corrected chi connectivity index (χ0v) is 17.7. The van der Waals surface area contributed by atoms with E-state index < -0.39 is 22.6 Å². The molecule has 3 aliphatic rings. The van der Waals surface area contributed by atoms with Crippen molar-refractivity contribution < 1.29 is 26.1 Å². The van der Waals surface area contributed by atoms with Crippen LogP contribution in [0.2, 0.25) is 0 Å². The molecule has 29 heavy (non-hydrogen) atoms. The van der Waals surface area contributed by atoms with Gasteiger partial charge in [0, 0.05) is 5.92 Å². The van der Waals surface area contributed by atoms with Crippen molar-refractivity contribution in [3.8, 4) is 11.5 Å². The smallest absolute Gasteiger partial charge is 0.380 e. The Hall–Kier alpha value is -1.41. The third-order valence-electron chi connectivity index (χ3n) is 7.83. The summed E-state index contributed by atoms with van der Waals surface area (Å²) in [5, 5.41) is 5.03. The number of methoxy groups -OCH3 is 1. The molecule has 2 saturated carbocycles. The van der Waals surface area contributed by atoms with Gasteiger partial charge in [-0.15, -0.1) is 0 Å². The molecule has 8 heteroatoms. The van der Waals surface area contributed by atoms with Crippen LogP contribution in [0.25, 0.3) is 0 Å². The Kier molecular flexibility index (Phi) is 5.30. The summed E-state index contributed by atoms with van der Waals surface area (Å²) in [4.78, 5) is 0. The van der Waals surface area contributed by atoms with E-state index in [0.717, 1.165) is 49.7 Å². The summed E-state index contributed by atoms with van der Waals surface area (Å²) in [6.45, 7) is 2.09. The summed E-state index contributed by atoms with van der Waals surface area (Å²) in [5.41, 5.74) is 1.88. The number of nitrogens with two attached hydrogens (primary N) is 1. The molecule has 0 aromatic heterocycles. The van der Waals surface area contributed by atoms with Gasteiger partial charge in [-0.3, -0.25) is 0 Å². The molecule has 0 saturated heterocycles. The van der Waals surface area contributed by atoms with E-state index in [2.05, 4.69) is 6.92 Å². The van der Waals surface area contributed by atoms with Crippen LogP contribution in [0.1, 0.15) is 62.5 Å². The number of fused-ring (bicyclic) bond motifs is 5. The quantitative estimate of drug-likeness (QED) is 0.769. The van der Waals surface area contributed by atoms with E-state index in [0.29, 0.717) is 24.0 Å². The zero-order chi connectivity index (χ0) is 21.0. The van der Waals surface area contributed by atoms with E-state index in [1.807, 2.05) is 6.07 Å². The number of benzene rings is 1. The third-order valence-corrected chi connectivity index (χ3v) is 8.25. The number of hydrogen-bond donors (Lipinski definition) is 1. The number of ether oxygens (including phenoxy) is 1. The van der Waals surface area contributed by atoms with Crippen molar-refractivity contribution in [1.29, 1.82) is 0 Å². The van der Waals surface area contributed by atoms with Crippen LogP contribution in [0.5, 0.6) is 11.5 Å². The molecule has 162 valence electrons. The monoisotopic (exact) mass is 429 g/mol. The van der Waals surface area contributed by atoms with Gasteiger partial charge in [0.05, 0.1) is 7.11 Å². The first-order valence-corrected chi connectivity index (χ1v) is 11.8. The maximum absolute atomic E-state index is 13.8. The Morgan fingerprint density at radius 2 is 1.93 bits per heavy atom. The normalized spacial score (nSPS) is 34.1. The fraction of sp³-hybridized carbons (Fsp3) is 0.714. The summed E-state index contributed by atoms with van der Waals surface area (Å²) < 4.78 is 60.6. The first-order valence-electron chi connectivity index (χ1n) is 10.3. The third kappa shape index (κ3) is 3.63. The van der Waals surface area contributed by atoms with Gasteiger partial charge in [-0.2, -0.15) is 13.6 Å². The summed E-state index contributed by atoms with van der Waals surface area (Å²) in [5.74, 6) is 0.879. The Labute approximate surface area is 171 Å². The number of rotatable bonds is 4. The van der Waals surface area contributed by atoms with Gasteiger partial charge in [-0.25, -0.2) is 8.78 Å². The lowest BCUT2D eigenvalue weighted by Gasteiger charge is -2.57. The summed E-state index contributed by atoms with van der Waals surface area (Å²) in [7, 11) is -2.69. The van der Waals surface area contributed by atoms with Crippen LogP contribution in [-0.4, -0.2) is 22.0 Å². The van der Waals surface area contributed by atoms with Crippen LogP contribution in [0.15, 0.2) is 12.1 Å². The molecule has 0 heterocycles. The number of aryl methyl sites for hydroxylation is 1. The Balaban J connectivity index is 1.69. The van der Waals surface area contributed by atoms with Crippen molar-refractivity contribution in [2.24, 2.45) is 28.3 Å². The van der Waals surface area contributed by atoms with Gasteiger partial charge < -0.3 is 8.92 Å². The molecule has 0 amide bonds. The predicted molar refractivity (Wildman–Crippen MR) is 105 cm³/mol. The van der Waals surface area contributed by atoms with Crippen molar-refractivity contribution in [3.63, 3.8) is 0 Å². The van der Waals surface area contributed by atoms with Gasteiger partial charge >= 0.3 is 10.3 Å². The van der Waals surface area contributed by atoms with Crippen molar-refractivity contribution >= 4 is 10.3 Å². The van der Waals surface area contributed by atoms with Crippen LogP contribution < -0.4 is 14.1 Å². The lowest BCUT2D eigenvalue weighted by Crippen LogP contribution is -2.50. The molecule has 5 atom stereocenters. The molecule has 5 nitrogen and oxygen atoms in total. The second-order valence-corrected chi connectivity index (χ2v) is 10.3. The fourth-order valence-corrected chi connectivity index (χ4v) is 6.96. The zero-order valence-electron chi connectivity index (χ0n) is 16.9. The molecule has 2 fully saturated rings. The molecule has 0 radical (unpaired) electrons. The molecule has 3 unspecified atom stereocenters. The molecular weight excluding hydrogens is 400 g/mol. The summed E-state index contributed by atoms with van der Waals surface area (Å²) in [6, 6.07) is 3.58. The van der Waals surface area contributed by atoms with Crippen LogP contribution in [0.4, 0.5) is 8.78 Å². The Morgan fingerprint density at radius 3 is 2.59 bits per heavy atom. The SMILES string of the molecule is COc1cc2c(cc1OS(N)(=O)=O)CCC1C2CC[C@@]2(C)C1CCC[C@@H]2C(F)F. The molecule has 3 aliphatic carbocycles. The van der Waals surface area contributed by atoms with Gasteiger partial charge in [0.1, 0.15) is 0 Å². The standard InChI is InChI=1S/C21H29F2NO4S/c1-21-9-8-13-14(16(21)4-3-5-17(21)20(22)23)7-6-12-10-19(28-29(24,25)26)18(27-2)11-15(12)13/h10-11,13-14,16-17,20H,3-9H2,1-2H3,(H2,24,25,26)/t13?,14?,16?,17-,21+/m1/s1. The molecular formula is C21H29F2NO4S. The largest absolute Gasteiger partial charge is 0.493 e. The van der Waals surface area contributed by atoms with E-state index in [-0.39, 0.29) is 17.1 Å². The minimum Gasteiger partial charge on any atom is -0.493 e. The molecule has 1 aromatic carbocycles. The Morgan fingerprint density at radius 1 is 1.17 bits per heavy atom. The molecule has 0 aliphatic heterocycles. The van der Waals surface area contributed by atoms with Gasteiger partial charge in [-0.1, -0.05) is 13.3 Å². The molecule has 1 aromatic rings. The van der Waals surface area contributed by atoms with Crippen molar-refractivity contribution in [3.05, 3.63) is 23.3 Å². The lowest BCUT2D eigenvalue weighted by atomic mass is 9.48. The number of hydrogen-bond acceptors (Lipinski definition) is 4. The first kappa shape index (κ1) is 20.8. The first-order chi connectivity index (χ1) is 13.6. The number of alkyl halides is 2. The summed E-state index contributed by atoms with van der Waals surface area (Å²) in [6.07, 6.45) is 3.62. The lowest BCUT2D eigenvalue weighted by molar-refractivity contribution is -0.106. The van der Waals surface area contributed by atoms with Crippen LogP contribution in [0.3, 0.4) is 0 Å². The minimum atomic E-state index is -4.15. The highest BCUT2D eigenvalue weighted by Gasteiger charge is 2.55.